The minimum Gasteiger partial charge on any atom is -0.468 e. The second-order valence-corrected chi connectivity index (χ2v) is 5.66. The Kier molecular flexibility index (Phi) is 4.96. The maximum Gasteiger partial charge on any atom is 0.322 e. The summed E-state index contributed by atoms with van der Waals surface area (Å²) in [6.45, 7) is 6.76. The smallest absolute Gasteiger partial charge is 0.322 e. The molecule has 1 unspecified atom stereocenters. The van der Waals surface area contributed by atoms with Gasteiger partial charge in [0.05, 0.1) is 18.5 Å². The number of esters is 1. The lowest BCUT2D eigenvalue weighted by Gasteiger charge is -2.18. The third kappa shape index (κ3) is 3.61. The second-order valence-electron chi connectivity index (χ2n) is 5.66. The minimum absolute atomic E-state index is 0.213. The Morgan fingerprint density at radius 2 is 2.19 bits per heavy atom. The minimum atomic E-state index is -0.288. The number of carbonyl (C=O) groups excluding carboxylic acids is 1. The first-order valence-electron chi connectivity index (χ1n) is 7.26. The molecule has 5 heteroatoms. The van der Waals surface area contributed by atoms with Crippen LogP contribution in [0.1, 0.15) is 31.7 Å². The lowest BCUT2D eigenvalue weighted by Crippen LogP contribution is -2.38. The summed E-state index contributed by atoms with van der Waals surface area (Å²) < 4.78 is 6.92. The zero-order valence-corrected chi connectivity index (χ0v) is 13.1. The van der Waals surface area contributed by atoms with Crippen LogP contribution in [0.25, 0.3) is 5.65 Å². The van der Waals surface area contributed by atoms with E-state index in [1.165, 1.54) is 7.11 Å². The number of fused-ring (bicyclic) bond motifs is 1. The van der Waals surface area contributed by atoms with Gasteiger partial charge in [-0.15, -0.1) is 0 Å². The Balaban J connectivity index is 2.15. The van der Waals surface area contributed by atoms with E-state index in [1.54, 1.807) is 0 Å². The van der Waals surface area contributed by atoms with Crippen molar-refractivity contribution in [3.8, 4) is 0 Å². The molecule has 2 aromatic rings. The van der Waals surface area contributed by atoms with E-state index in [-0.39, 0.29) is 12.0 Å². The first kappa shape index (κ1) is 15.5. The third-order valence-electron chi connectivity index (χ3n) is 3.54. The lowest BCUT2D eigenvalue weighted by atomic mass is 10.0. The molecule has 2 heterocycles. The zero-order valence-electron chi connectivity index (χ0n) is 13.1. The van der Waals surface area contributed by atoms with Gasteiger partial charge in [-0.05, 0) is 31.4 Å². The number of nitrogens with zero attached hydrogens (tertiary/aromatic N) is 2. The highest BCUT2D eigenvalue weighted by Gasteiger charge is 2.20. The molecule has 0 fully saturated rings. The van der Waals surface area contributed by atoms with E-state index in [2.05, 4.69) is 24.1 Å². The van der Waals surface area contributed by atoms with Crippen LogP contribution in [0.5, 0.6) is 0 Å². The maximum absolute atomic E-state index is 11.8. The normalized spacial score (nSPS) is 12.8. The Labute approximate surface area is 125 Å². The average Bonchev–Trinajstić information content (AvgIpc) is 2.77. The second kappa shape index (κ2) is 6.72. The van der Waals surface area contributed by atoms with Crippen molar-refractivity contribution < 1.29 is 9.53 Å². The molecule has 0 bridgehead atoms. The molecule has 0 aliphatic rings. The van der Waals surface area contributed by atoms with Crippen molar-refractivity contribution in [1.82, 2.24) is 14.7 Å². The van der Waals surface area contributed by atoms with Crippen molar-refractivity contribution in [1.29, 1.82) is 0 Å². The molecule has 5 nitrogen and oxygen atoms in total. The molecule has 0 radical (unpaired) electrons. The molecule has 0 aromatic carbocycles. The summed E-state index contributed by atoms with van der Waals surface area (Å²) >= 11 is 0. The number of imidazole rings is 1. The van der Waals surface area contributed by atoms with Crippen molar-refractivity contribution in [3.63, 3.8) is 0 Å². The summed E-state index contributed by atoms with van der Waals surface area (Å²) in [5.41, 5.74) is 2.97. The van der Waals surface area contributed by atoms with Gasteiger partial charge in [-0.2, -0.15) is 0 Å². The van der Waals surface area contributed by atoms with Gasteiger partial charge in [0.15, 0.2) is 0 Å². The van der Waals surface area contributed by atoms with Crippen LogP contribution in [0.4, 0.5) is 0 Å². The molecule has 114 valence electrons. The number of aryl methyl sites for hydroxylation is 1. The summed E-state index contributed by atoms with van der Waals surface area (Å²) in [5, 5.41) is 3.30. The molecule has 2 aromatic heterocycles. The monoisotopic (exact) mass is 289 g/mol. The number of nitrogens with one attached hydrogen (secondary N) is 1. The maximum atomic E-state index is 11.8. The van der Waals surface area contributed by atoms with E-state index >= 15 is 0 Å². The number of carbonyl (C=O) groups is 1. The van der Waals surface area contributed by atoms with E-state index in [0.717, 1.165) is 23.5 Å². The third-order valence-corrected chi connectivity index (χ3v) is 3.54. The highest BCUT2D eigenvalue weighted by molar-refractivity contribution is 5.75. The van der Waals surface area contributed by atoms with E-state index < -0.39 is 0 Å². The number of methoxy groups -OCH3 is 1. The lowest BCUT2D eigenvalue weighted by molar-refractivity contribution is -0.143. The van der Waals surface area contributed by atoms with Crippen LogP contribution in [0, 0.1) is 12.8 Å². The van der Waals surface area contributed by atoms with E-state index in [4.69, 9.17) is 4.74 Å². The van der Waals surface area contributed by atoms with Gasteiger partial charge in [-0.1, -0.05) is 19.9 Å². The fourth-order valence-electron chi connectivity index (χ4n) is 2.47. The SMILES string of the molecule is COC(=O)C(CC(C)C)NCc1c(C)nc2ccccn12. The van der Waals surface area contributed by atoms with Gasteiger partial charge in [0.2, 0.25) is 0 Å². The topological polar surface area (TPSA) is 55.6 Å². The molecule has 0 spiro atoms. The molecule has 0 aliphatic carbocycles. The number of ether oxygens (including phenoxy) is 1. The number of rotatable bonds is 6. The van der Waals surface area contributed by atoms with Crippen molar-refractivity contribution in [2.75, 3.05) is 7.11 Å². The van der Waals surface area contributed by atoms with Gasteiger partial charge >= 0.3 is 5.97 Å². The van der Waals surface area contributed by atoms with E-state index in [1.807, 2.05) is 35.7 Å². The Morgan fingerprint density at radius 1 is 1.43 bits per heavy atom. The number of hydrogen-bond acceptors (Lipinski definition) is 4. The highest BCUT2D eigenvalue weighted by atomic mass is 16.5. The largest absolute Gasteiger partial charge is 0.468 e. The van der Waals surface area contributed by atoms with Crippen LogP contribution in [0.3, 0.4) is 0 Å². The van der Waals surface area contributed by atoms with Crippen molar-refractivity contribution >= 4 is 11.6 Å². The van der Waals surface area contributed by atoms with Gasteiger partial charge in [0, 0.05) is 12.7 Å². The van der Waals surface area contributed by atoms with Crippen LogP contribution >= 0.6 is 0 Å². The summed E-state index contributed by atoms with van der Waals surface area (Å²) in [7, 11) is 1.43. The number of hydrogen-bond donors (Lipinski definition) is 1. The van der Waals surface area contributed by atoms with Gasteiger partial charge in [-0.3, -0.25) is 10.1 Å². The predicted molar refractivity (Wildman–Crippen MR) is 82.0 cm³/mol. The predicted octanol–water partition coefficient (Wildman–Crippen LogP) is 2.32. The first-order valence-corrected chi connectivity index (χ1v) is 7.26. The fraction of sp³-hybridized carbons (Fsp3) is 0.500. The summed E-state index contributed by atoms with van der Waals surface area (Å²) in [6, 6.07) is 5.63. The summed E-state index contributed by atoms with van der Waals surface area (Å²) in [6.07, 6.45) is 2.74. The van der Waals surface area contributed by atoms with Gasteiger partial charge in [0.1, 0.15) is 11.7 Å². The standard InChI is InChI=1S/C16H23N3O2/c1-11(2)9-13(16(20)21-4)17-10-14-12(3)18-15-7-5-6-8-19(14)15/h5-8,11,13,17H,9-10H2,1-4H3. The van der Waals surface area contributed by atoms with Crippen molar-refractivity contribution in [2.45, 2.75) is 39.8 Å². The molecule has 0 saturated carbocycles. The zero-order chi connectivity index (χ0) is 15.4. The average molecular weight is 289 g/mol. The molecule has 0 saturated heterocycles. The Bertz CT molecular complexity index is 619. The Hall–Kier alpha value is -1.88. The van der Waals surface area contributed by atoms with Gasteiger partial charge in [-0.25, -0.2) is 4.98 Å². The van der Waals surface area contributed by atoms with Crippen LogP contribution in [0.2, 0.25) is 0 Å². The van der Waals surface area contributed by atoms with Crippen LogP contribution in [0.15, 0.2) is 24.4 Å². The van der Waals surface area contributed by atoms with Crippen molar-refractivity contribution in [3.05, 3.63) is 35.8 Å². The molecular formula is C16H23N3O2. The molecule has 2 rings (SSSR count). The van der Waals surface area contributed by atoms with E-state index in [9.17, 15) is 4.79 Å². The molecule has 0 aliphatic heterocycles. The summed E-state index contributed by atoms with van der Waals surface area (Å²) in [5.74, 6) is 0.208. The molecular weight excluding hydrogens is 266 g/mol. The Morgan fingerprint density at radius 3 is 2.86 bits per heavy atom. The van der Waals surface area contributed by atoms with Crippen LogP contribution in [-0.4, -0.2) is 28.5 Å². The molecule has 0 amide bonds. The molecule has 1 N–H and O–H groups in total. The number of aromatic nitrogens is 2. The van der Waals surface area contributed by atoms with Gasteiger partial charge in [0.25, 0.3) is 0 Å². The molecule has 21 heavy (non-hydrogen) atoms. The van der Waals surface area contributed by atoms with Crippen molar-refractivity contribution in [2.24, 2.45) is 5.92 Å². The fourth-order valence-corrected chi connectivity index (χ4v) is 2.47. The first-order chi connectivity index (χ1) is 10.0. The van der Waals surface area contributed by atoms with Crippen LogP contribution in [-0.2, 0) is 16.1 Å². The number of pyridine rings is 1. The van der Waals surface area contributed by atoms with E-state index in [0.29, 0.717) is 12.5 Å². The molecule has 1 atom stereocenters. The van der Waals surface area contributed by atoms with Gasteiger partial charge < -0.3 is 9.14 Å². The summed E-state index contributed by atoms with van der Waals surface area (Å²) in [4.78, 5) is 16.4. The van der Waals surface area contributed by atoms with Crippen LogP contribution < -0.4 is 5.32 Å². The highest BCUT2D eigenvalue weighted by Crippen LogP contribution is 2.13. The quantitative estimate of drug-likeness (QED) is 0.829.